The van der Waals surface area contributed by atoms with Crippen LogP contribution in [0.25, 0.3) is 0 Å². The molecule has 0 bridgehead atoms. The third kappa shape index (κ3) is 3.90. The summed E-state index contributed by atoms with van der Waals surface area (Å²) in [7, 11) is 0. The van der Waals surface area contributed by atoms with Gasteiger partial charge in [0.05, 0.1) is 13.1 Å². The lowest BCUT2D eigenvalue weighted by atomic mass is 10.2. The highest BCUT2D eigenvalue weighted by atomic mass is 16.3. The van der Waals surface area contributed by atoms with Crippen molar-refractivity contribution in [1.29, 1.82) is 0 Å². The molecule has 0 atom stereocenters. The smallest absolute Gasteiger partial charge is 0.234 e. The lowest BCUT2D eigenvalue weighted by Gasteiger charge is -2.35. The van der Waals surface area contributed by atoms with Gasteiger partial charge in [-0.1, -0.05) is 5.92 Å². The van der Waals surface area contributed by atoms with E-state index in [9.17, 15) is 9.90 Å². The van der Waals surface area contributed by atoms with Gasteiger partial charge in [-0.2, -0.15) is 0 Å². The van der Waals surface area contributed by atoms with E-state index in [1.807, 2.05) is 12.1 Å². The summed E-state index contributed by atoms with van der Waals surface area (Å²) in [4.78, 5) is 15.9. The number of piperazine rings is 1. The average Bonchev–Trinajstić information content (AvgIpc) is 2.47. The Balaban J connectivity index is 1.79. The molecule has 1 amide bonds. The highest BCUT2D eigenvalue weighted by molar-refractivity contribution is 5.78. The highest BCUT2D eigenvalue weighted by Gasteiger charge is 2.18. The van der Waals surface area contributed by atoms with Gasteiger partial charge in [0, 0.05) is 31.9 Å². The first-order chi connectivity index (χ1) is 9.69. The molecule has 5 nitrogen and oxygen atoms in total. The Morgan fingerprint density at radius 1 is 1.25 bits per heavy atom. The summed E-state index contributed by atoms with van der Waals surface area (Å²) in [5, 5.41) is 12.0. The van der Waals surface area contributed by atoms with E-state index < -0.39 is 0 Å². The van der Waals surface area contributed by atoms with Crippen LogP contribution in [-0.4, -0.2) is 55.2 Å². The Bertz CT molecular complexity index is 485. The van der Waals surface area contributed by atoms with E-state index in [0.717, 1.165) is 31.9 Å². The number of phenolic OH excluding ortho intramolecular Hbond substituents is 1. The van der Waals surface area contributed by atoms with Crippen molar-refractivity contribution in [3.63, 3.8) is 0 Å². The average molecular weight is 273 g/mol. The van der Waals surface area contributed by atoms with Gasteiger partial charge >= 0.3 is 0 Å². The van der Waals surface area contributed by atoms with Crippen LogP contribution in [0, 0.1) is 12.3 Å². The Labute approximate surface area is 119 Å². The van der Waals surface area contributed by atoms with E-state index >= 15 is 0 Å². The van der Waals surface area contributed by atoms with Gasteiger partial charge in [0.15, 0.2) is 0 Å². The van der Waals surface area contributed by atoms with Crippen LogP contribution in [0.2, 0.25) is 0 Å². The zero-order valence-corrected chi connectivity index (χ0v) is 11.4. The number of phenols is 1. The van der Waals surface area contributed by atoms with Crippen LogP contribution in [0.1, 0.15) is 0 Å². The second-order valence-electron chi connectivity index (χ2n) is 4.76. The molecule has 1 aliphatic heterocycles. The SMILES string of the molecule is C#CCNC(=O)CN1CCN(c2ccc(O)cc2)CC1. The summed E-state index contributed by atoms with van der Waals surface area (Å²) in [6.07, 6.45) is 5.10. The first kappa shape index (κ1) is 14.2. The molecule has 0 radical (unpaired) electrons. The largest absolute Gasteiger partial charge is 0.508 e. The lowest BCUT2D eigenvalue weighted by Crippen LogP contribution is -2.49. The summed E-state index contributed by atoms with van der Waals surface area (Å²) in [5.74, 6) is 2.64. The number of hydrogen-bond donors (Lipinski definition) is 2. The molecule has 0 unspecified atom stereocenters. The van der Waals surface area contributed by atoms with E-state index in [-0.39, 0.29) is 18.2 Å². The van der Waals surface area contributed by atoms with Gasteiger partial charge < -0.3 is 15.3 Å². The number of carbonyl (C=O) groups is 1. The van der Waals surface area contributed by atoms with Crippen molar-refractivity contribution in [2.45, 2.75) is 0 Å². The van der Waals surface area contributed by atoms with E-state index in [1.165, 1.54) is 0 Å². The summed E-state index contributed by atoms with van der Waals surface area (Å²) in [5.41, 5.74) is 1.10. The fourth-order valence-corrected chi connectivity index (χ4v) is 2.24. The number of benzene rings is 1. The van der Waals surface area contributed by atoms with Crippen molar-refractivity contribution in [2.24, 2.45) is 0 Å². The number of anilines is 1. The molecule has 1 saturated heterocycles. The van der Waals surface area contributed by atoms with Crippen molar-refractivity contribution >= 4 is 11.6 Å². The van der Waals surface area contributed by atoms with Crippen LogP contribution >= 0.6 is 0 Å². The fraction of sp³-hybridized carbons (Fsp3) is 0.400. The molecule has 0 saturated carbocycles. The lowest BCUT2D eigenvalue weighted by molar-refractivity contribution is -0.122. The minimum atomic E-state index is -0.0268. The van der Waals surface area contributed by atoms with Crippen molar-refractivity contribution in [3.05, 3.63) is 24.3 Å². The quantitative estimate of drug-likeness (QED) is 0.773. The van der Waals surface area contributed by atoms with Crippen molar-refractivity contribution in [2.75, 3.05) is 44.2 Å². The number of hydrogen-bond acceptors (Lipinski definition) is 4. The fourth-order valence-electron chi connectivity index (χ4n) is 2.24. The van der Waals surface area contributed by atoms with Crippen molar-refractivity contribution in [3.8, 4) is 18.1 Å². The molecular formula is C15H19N3O2. The number of terminal acetylenes is 1. The first-order valence-corrected chi connectivity index (χ1v) is 6.65. The number of rotatable bonds is 4. The van der Waals surface area contributed by atoms with Crippen LogP contribution in [0.5, 0.6) is 5.75 Å². The molecule has 2 N–H and O–H groups in total. The third-order valence-corrected chi connectivity index (χ3v) is 3.34. The maximum absolute atomic E-state index is 11.6. The second-order valence-corrected chi connectivity index (χ2v) is 4.76. The molecule has 106 valence electrons. The monoisotopic (exact) mass is 273 g/mol. The van der Waals surface area contributed by atoms with Crippen LogP contribution in [0.15, 0.2) is 24.3 Å². The molecular weight excluding hydrogens is 254 g/mol. The van der Waals surface area contributed by atoms with Gasteiger partial charge in [-0.25, -0.2) is 0 Å². The van der Waals surface area contributed by atoms with Gasteiger partial charge in [-0.05, 0) is 24.3 Å². The minimum absolute atomic E-state index is 0.0268. The topological polar surface area (TPSA) is 55.8 Å². The second kappa shape index (κ2) is 6.83. The van der Waals surface area contributed by atoms with E-state index in [4.69, 9.17) is 6.42 Å². The molecule has 1 aromatic carbocycles. The maximum Gasteiger partial charge on any atom is 0.234 e. The van der Waals surface area contributed by atoms with Crippen molar-refractivity contribution in [1.82, 2.24) is 10.2 Å². The number of aromatic hydroxyl groups is 1. The van der Waals surface area contributed by atoms with E-state index in [1.54, 1.807) is 12.1 Å². The molecule has 1 aromatic rings. The first-order valence-electron chi connectivity index (χ1n) is 6.65. The summed E-state index contributed by atoms with van der Waals surface area (Å²) >= 11 is 0. The standard InChI is InChI=1S/C15H19N3O2/c1-2-7-16-15(20)12-17-8-10-18(11-9-17)13-3-5-14(19)6-4-13/h1,3-6,19H,7-12H2,(H,16,20). The van der Waals surface area contributed by atoms with Gasteiger partial charge in [0.2, 0.25) is 5.91 Å². The predicted molar refractivity (Wildman–Crippen MR) is 78.6 cm³/mol. The van der Waals surface area contributed by atoms with Gasteiger partial charge in [0.25, 0.3) is 0 Å². The van der Waals surface area contributed by atoms with E-state index in [0.29, 0.717) is 6.54 Å². The molecule has 1 aliphatic rings. The number of amides is 1. The highest BCUT2D eigenvalue weighted by Crippen LogP contribution is 2.19. The normalized spacial score (nSPS) is 15.7. The Morgan fingerprint density at radius 2 is 1.90 bits per heavy atom. The van der Waals surface area contributed by atoms with Crippen molar-refractivity contribution < 1.29 is 9.90 Å². The van der Waals surface area contributed by atoms with Gasteiger partial charge in [-0.3, -0.25) is 9.69 Å². The Kier molecular flexibility index (Phi) is 4.85. The van der Waals surface area contributed by atoms with Gasteiger partial charge in [-0.15, -0.1) is 6.42 Å². The predicted octanol–water partition coefficient (Wildman–Crippen LogP) is 0.264. The Morgan fingerprint density at radius 3 is 2.50 bits per heavy atom. The molecule has 2 rings (SSSR count). The zero-order valence-electron chi connectivity index (χ0n) is 11.4. The minimum Gasteiger partial charge on any atom is -0.508 e. The van der Waals surface area contributed by atoms with Crippen LogP contribution < -0.4 is 10.2 Å². The molecule has 20 heavy (non-hydrogen) atoms. The molecule has 1 heterocycles. The molecule has 0 spiro atoms. The molecule has 0 aliphatic carbocycles. The Hall–Kier alpha value is -2.19. The summed E-state index contributed by atoms with van der Waals surface area (Å²) in [6, 6.07) is 7.19. The molecule has 5 heteroatoms. The maximum atomic E-state index is 11.6. The molecule has 1 fully saturated rings. The summed E-state index contributed by atoms with van der Waals surface area (Å²) < 4.78 is 0. The number of carbonyl (C=O) groups excluding carboxylic acids is 1. The molecule has 0 aromatic heterocycles. The van der Waals surface area contributed by atoms with Crippen LogP contribution in [0.3, 0.4) is 0 Å². The third-order valence-electron chi connectivity index (χ3n) is 3.34. The number of nitrogens with zero attached hydrogens (tertiary/aromatic N) is 2. The van der Waals surface area contributed by atoms with E-state index in [2.05, 4.69) is 21.0 Å². The van der Waals surface area contributed by atoms with Gasteiger partial charge in [0.1, 0.15) is 5.75 Å². The van der Waals surface area contributed by atoms with Crippen LogP contribution in [-0.2, 0) is 4.79 Å². The number of nitrogens with one attached hydrogen (secondary N) is 1. The zero-order chi connectivity index (χ0) is 14.4. The summed E-state index contributed by atoms with van der Waals surface area (Å²) in [6.45, 7) is 4.09. The van der Waals surface area contributed by atoms with Crippen LogP contribution in [0.4, 0.5) is 5.69 Å².